The van der Waals surface area contributed by atoms with E-state index in [4.69, 9.17) is 28.4 Å². The van der Waals surface area contributed by atoms with Gasteiger partial charge in [-0.1, -0.05) is 12.1 Å². The Morgan fingerprint density at radius 1 is 0.709 bits per heavy atom. The summed E-state index contributed by atoms with van der Waals surface area (Å²) in [6.45, 7) is -1.40. The number of aromatic hydroxyl groups is 5. The van der Waals surface area contributed by atoms with Gasteiger partial charge in [-0.2, -0.15) is 0 Å². The van der Waals surface area contributed by atoms with E-state index in [1.807, 2.05) is 0 Å². The highest BCUT2D eigenvalue weighted by Crippen LogP contribution is 2.47. The predicted octanol–water partition coefficient (Wildman–Crippen LogP) is -1.05. The summed E-state index contributed by atoms with van der Waals surface area (Å²) in [5.74, 6) is -4.45. The van der Waals surface area contributed by atoms with Gasteiger partial charge in [0.25, 0.3) is 0 Å². The molecule has 55 heavy (non-hydrogen) atoms. The molecule has 0 bridgehead atoms. The quantitative estimate of drug-likeness (QED) is 0.0664. The van der Waals surface area contributed by atoms with E-state index < -0.39 is 110 Å². The van der Waals surface area contributed by atoms with Gasteiger partial charge in [-0.15, -0.1) is 0 Å². The number of carbonyl (C=O) groups excluding carboxylic acids is 1. The van der Waals surface area contributed by atoms with E-state index in [1.165, 1.54) is 36.4 Å². The highest BCUT2D eigenvalue weighted by atomic mass is 16.7. The van der Waals surface area contributed by atoms with E-state index in [0.717, 1.165) is 30.3 Å². The molecule has 0 aromatic heterocycles. The lowest BCUT2D eigenvalue weighted by molar-refractivity contribution is -0.294. The molecule has 19 heteroatoms. The van der Waals surface area contributed by atoms with Gasteiger partial charge < -0.3 is 89.7 Å². The second-order valence-corrected chi connectivity index (χ2v) is 12.8. The van der Waals surface area contributed by atoms with Crippen LogP contribution in [-0.2, 0) is 23.7 Å². The van der Waals surface area contributed by atoms with E-state index in [2.05, 4.69) is 0 Å². The molecule has 0 aliphatic carbocycles. The standard InChI is InChI=1S/C36H38O19/c37-12-24-28(44)30(46)32(48)35(54-24)52-22-10-17(39)9-21-18(22)11-23(34(51-21)15-7-19(40)27(43)20(41)8-15)53-36-33(49)31(47)29(45)25(55-36)13-50-26(42)6-3-14-1-4-16(38)5-2-14/h1-11,24-25,28-41,43-49H,12-13H2/b6-3+/t24-,25+,28+,29+,30-,31-,32+,33-,34?,35+,36+/m0/s1. The Balaban J connectivity index is 1.29. The molecule has 296 valence electrons. The molecule has 2 saturated heterocycles. The summed E-state index contributed by atoms with van der Waals surface area (Å²) in [4.78, 5) is 12.4. The van der Waals surface area contributed by atoms with Crippen LogP contribution in [0.1, 0.15) is 22.8 Å². The van der Waals surface area contributed by atoms with Gasteiger partial charge in [0.15, 0.2) is 23.4 Å². The molecule has 3 aromatic rings. The number of carbonyl (C=O) groups is 1. The number of aliphatic hydroxyl groups excluding tert-OH is 7. The molecule has 3 aliphatic rings. The van der Waals surface area contributed by atoms with Crippen LogP contribution in [0.3, 0.4) is 0 Å². The zero-order valence-electron chi connectivity index (χ0n) is 28.3. The third-order valence-corrected chi connectivity index (χ3v) is 8.98. The number of phenolic OH excluding ortho intramolecular Hbond substituents is 5. The number of hydrogen-bond acceptors (Lipinski definition) is 19. The summed E-state index contributed by atoms with van der Waals surface area (Å²) >= 11 is 0. The number of hydrogen-bond donors (Lipinski definition) is 12. The third-order valence-electron chi connectivity index (χ3n) is 8.98. The van der Waals surface area contributed by atoms with Crippen LogP contribution in [0, 0.1) is 0 Å². The molecule has 0 radical (unpaired) electrons. The van der Waals surface area contributed by atoms with Crippen molar-refractivity contribution in [2.75, 3.05) is 13.2 Å². The van der Waals surface area contributed by atoms with Gasteiger partial charge in [0.05, 0.1) is 12.2 Å². The van der Waals surface area contributed by atoms with E-state index in [9.17, 15) is 66.1 Å². The topological polar surface area (TPSA) is 315 Å². The Morgan fingerprint density at radius 3 is 1.95 bits per heavy atom. The number of ether oxygens (including phenoxy) is 6. The number of phenols is 5. The van der Waals surface area contributed by atoms with Crippen LogP contribution < -0.4 is 9.47 Å². The molecule has 3 aromatic carbocycles. The maximum Gasteiger partial charge on any atom is 0.330 e. The minimum atomic E-state index is -1.95. The fourth-order valence-electron chi connectivity index (χ4n) is 5.97. The van der Waals surface area contributed by atoms with Crippen molar-refractivity contribution in [3.05, 3.63) is 77.1 Å². The summed E-state index contributed by atoms with van der Waals surface area (Å²) in [6.07, 6.45) is -15.2. The smallest absolute Gasteiger partial charge is 0.330 e. The fraction of sp³-hybridized carbons (Fsp3) is 0.361. The minimum Gasteiger partial charge on any atom is -0.508 e. The number of benzene rings is 3. The van der Waals surface area contributed by atoms with Gasteiger partial charge in [0, 0.05) is 23.8 Å². The van der Waals surface area contributed by atoms with Crippen LogP contribution in [0.5, 0.6) is 40.2 Å². The molecule has 3 aliphatic heterocycles. The Labute approximate surface area is 310 Å². The third kappa shape index (κ3) is 8.34. The molecule has 19 nitrogen and oxygen atoms in total. The number of aliphatic hydroxyl groups is 7. The second-order valence-electron chi connectivity index (χ2n) is 12.8. The number of esters is 1. The summed E-state index contributed by atoms with van der Waals surface area (Å²) in [6, 6.07) is 10.1. The van der Waals surface area contributed by atoms with Crippen molar-refractivity contribution in [1.29, 1.82) is 0 Å². The summed E-state index contributed by atoms with van der Waals surface area (Å²) in [5, 5.41) is 124. The van der Waals surface area contributed by atoms with Crippen LogP contribution in [-0.4, -0.2) is 142 Å². The second kappa shape index (κ2) is 16.2. The van der Waals surface area contributed by atoms with Crippen LogP contribution in [0.4, 0.5) is 0 Å². The van der Waals surface area contributed by atoms with Crippen LogP contribution >= 0.6 is 0 Å². The number of fused-ring (bicyclic) bond motifs is 1. The lowest BCUT2D eigenvalue weighted by Crippen LogP contribution is -2.60. The van der Waals surface area contributed by atoms with Crippen molar-refractivity contribution in [2.45, 2.75) is 67.5 Å². The van der Waals surface area contributed by atoms with Crippen molar-refractivity contribution < 1.29 is 94.5 Å². The summed E-state index contributed by atoms with van der Waals surface area (Å²) < 4.78 is 34.2. The molecule has 0 saturated carbocycles. The van der Waals surface area contributed by atoms with Crippen molar-refractivity contribution in [3.8, 4) is 40.2 Å². The maximum absolute atomic E-state index is 12.4. The first-order valence-electron chi connectivity index (χ1n) is 16.6. The average molecular weight is 775 g/mol. The predicted molar refractivity (Wildman–Crippen MR) is 181 cm³/mol. The molecule has 2 fully saturated rings. The monoisotopic (exact) mass is 774 g/mol. The fourth-order valence-corrected chi connectivity index (χ4v) is 5.97. The van der Waals surface area contributed by atoms with Gasteiger partial charge in [0.1, 0.15) is 84.2 Å². The van der Waals surface area contributed by atoms with Crippen molar-refractivity contribution in [1.82, 2.24) is 0 Å². The van der Waals surface area contributed by atoms with Gasteiger partial charge in [-0.3, -0.25) is 0 Å². The maximum atomic E-state index is 12.4. The lowest BCUT2D eigenvalue weighted by atomic mass is 9.98. The summed E-state index contributed by atoms with van der Waals surface area (Å²) in [7, 11) is 0. The first-order valence-corrected chi connectivity index (χ1v) is 16.6. The van der Waals surface area contributed by atoms with Crippen molar-refractivity contribution in [3.63, 3.8) is 0 Å². The Kier molecular flexibility index (Phi) is 11.6. The average Bonchev–Trinajstić information content (AvgIpc) is 3.16. The molecule has 11 atom stereocenters. The van der Waals surface area contributed by atoms with Crippen molar-refractivity contribution in [2.24, 2.45) is 0 Å². The van der Waals surface area contributed by atoms with Crippen LogP contribution in [0.2, 0.25) is 0 Å². The number of rotatable bonds is 10. The first kappa shape index (κ1) is 39.3. The zero-order chi connectivity index (χ0) is 39.7. The largest absolute Gasteiger partial charge is 0.508 e. The van der Waals surface area contributed by atoms with Gasteiger partial charge in [-0.05, 0) is 42.0 Å². The molecule has 3 heterocycles. The SMILES string of the molecule is O=C(/C=C/c1ccc(O)cc1)OC[C@H]1O[C@@H](OC2=Cc3c(cc(O)cc3O[C@@H]3O[C@@H](CO)[C@@H](O)[C@H](O)[C@H]3O)OC2c2cc(O)c(O)c(O)c2)[C@@H](O)[C@@H](O)[C@@H]1O. The highest BCUT2D eigenvalue weighted by molar-refractivity contribution is 5.87. The first-order chi connectivity index (χ1) is 26.1. The zero-order valence-corrected chi connectivity index (χ0v) is 28.3. The molecular formula is C36H38O19. The van der Waals surface area contributed by atoms with E-state index in [-0.39, 0.29) is 34.1 Å². The Morgan fingerprint density at radius 2 is 1.31 bits per heavy atom. The van der Waals surface area contributed by atoms with E-state index >= 15 is 0 Å². The van der Waals surface area contributed by atoms with E-state index in [0.29, 0.717) is 5.56 Å². The Hall–Kier alpha value is -5.35. The molecule has 6 rings (SSSR count). The minimum absolute atomic E-state index is 0.0206. The molecule has 12 N–H and O–H groups in total. The highest BCUT2D eigenvalue weighted by Gasteiger charge is 2.48. The van der Waals surface area contributed by atoms with Gasteiger partial charge in [-0.25, -0.2) is 4.79 Å². The Bertz CT molecular complexity index is 1890. The van der Waals surface area contributed by atoms with Crippen LogP contribution in [0.15, 0.2) is 60.4 Å². The molecule has 0 spiro atoms. The van der Waals surface area contributed by atoms with Gasteiger partial charge >= 0.3 is 5.97 Å². The van der Waals surface area contributed by atoms with E-state index in [1.54, 1.807) is 0 Å². The molecule has 0 amide bonds. The lowest BCUT2D eigenvalue weighted by Gasteiger charge is -2.41. The summed E-state index contributed by atoms with van der Waals surface area (Å²) in [5.41, 5.74) is 0.452. The molecule has 1 unspecified atom stereocenters. The van der Waals surface area contributed by atoms with Gasteiger partial charge in [0.2, 0.25) is 12.6 Å². The molecular weight excluding hydrogens is 736 g/mol. The van der Waals surface area contributed by atoms with Crippen molar-refractivity contribution >= 4 is 18.1 Å². The van der Waals surface area contributed by atoms with Crippen LogP contribution in [0.25, 0.3) is 12.2 Å². The normalized spacial score (nSPS) is 30.5.